The zero-order valence-corrected chi connectivity index (χ0v) is 10.9. The molecular formula is C10H16BrN3O. The van der Waals surface area contributed by atoms with E-state index in [4.69, 9.17) is 4.74 Å². The van der Waals surface area contributed by atoms with Gasteiger partial charge in [0.05, 0.1) is 12.2 Å². The van der Waals surface area contributed by atoms with Gasteiger partial charge in [0.2, 0.25) is 0 Å². The highest BCUT2D eigenvalue weighted by atomic mass is 79.9. The van der Waals surface area contributed by atoms with Crippen molar-refractivity contribution in [3.63, 3.8) is 0 Å². The standard InChI is InChI=1S/C10H16BrN3O/c1-10(2)7-14(4-5-15-10)9-6-8(11)12-13(9)3/h6H,4-5,7H2,1-3H3. The van der Waals surface area contributed by atoms with Crippen LogP contribution in [-0.2, 0) is 11.8 Å². The van der Waals surface area contributed by atoms with Crippen molar-refractivity contribution in [2.45, 2.75) is 19.4 Å². The second kappa shape index (κ2) is 3.79. The van der Waals surface area contributed by atoms with Crippen molar-refractivity contribution >= 4 is 21.7 Å². The van der Waals surface area contributed by atoms with Gasteiger partial charge in [0.25, 0.3) is 0 Å². The lowest BCUT2D eigenvalue weighted by molar-refractivity contribution is -0.0280. The molecule has 0 saturated carbocycles. The van der Waals surface area contributed by atoms with Gasteiger partial charge in [-0.3, -0.25) is 4.68 Å². The van der Waals surface area contributed by atoms with Gasteiger partial charge >= 0.3 is 0 Å². The topological polar surface area (TPSA) is 30.3 Å². The first-order valence-corrected chi connectivity index (χ1v) is 5.86. The summed E-state index contributed by atoms with van der Waals surface area (Å²) in [5.41, 5.74) is -0.0744. The molecule has 0 spiro atoms. The van der Waals surface area contributed by atoms with Crippen LogP contribution in [0, 0.1) is 0 Å². The molecule has 5 heteroatoms. The third-order valence-electron chi connectivity index (χ3n) is 2.57. The molecule has 0 atom stereocenters. The van der Waals surface area contributed by atoms with Crippen LogP contribution in [0.1, 0.15) is 13.8 Å². The first-order valence-electron chi connectivity index (χ1n) is 5.06. The second-order valence-electron chi connectivity index (χ2n) is 4.48. The maximum Gasteiger partial charge on any atom is 0.130 e. The molecule has 1 aromatic rings. The van der Waals surface area contributed by atoms with Gasteiger partial charge in [-0.15, -0.1) is 0 Å². The molecule has 15 heavy (non-hydrogen) atoms. The molecule has 84 valence electrons. The lowest BCUT2D eigenvalue weighted by Gasteiger charge is -2.39. The van der Waals surface area contributed by atoms with Gasteiger partial charge in [-0.25, -0.2) is 0 Å². The predicted octanol–water partition coefficient (Wildman–Crippen LogP) is 1.80. The smallest absolute Gasteiger partial charge is 0.130 e. The summed E-state index contributed by atoms with van der Waals surface area (Å²) in [7, 11) is 1.96. The third kappa shape index (κ3) is 2.34. The molecule has 1 aromatic heterocycles. The molecule has 0 amide bonds. The number of anilines is 1. The van der Waals surface area contributed by atoms with Crippen LogP contribution in [-0.4, -0.2) is 35.1 Å². The van der Waals surface area contributed by atoms with Gasteiger partial charge in [0.15, 0.2) is 0 Å². The molecule has 0 N–H and O–H groups in total. The van der Waals surface area contributed by atoms with E-state index in [2.05, 4.69) is 39.8 Å². The number of halogens is 1. The Balaban J connectivity index is 2.20. The second-order valence-corrected chi connectivity index (χ2v) is 5.29. The van der Waals surface area contributed by atoms with E-state index in [0.29, 0.717) is 0 Å². The number of hydrogen-bond acceptors (Lipinski definition) is 3. The molecule has 1 aliphatic rings. The quantitative estimate of drug-likeness (QED) is 0.782. The average Bonchev–Trinajstić information content (AvgIpc) is 2.43. The molecule has 1 saturated heterocycles. The Bertz CT molecular complexity index is 362. The summed E-state index contributed by atoms with van der Waals surface area (Å²) < 4.78 is 8.45. The molecule has 4 nitrogen and oxygen atoms in total. The Morgan fingerprint density at radius 3 is 2.80 bits per heavy atom. The minimum atomic E-state index is -0.0744. The van der Waals surface area contributed by atoms with E-state index >= 15 is 0 Å². The lowest BCUT2D eigenvalue weighted by atomic mass is 10.1. The van der Waals surface area contributed by atoms with Crippen molar-refractivity contribution in [3.8, 4) is 0 Å². The SMILES string of the molecule is Cn1nc(Br)cc1N1CCOC(C)(C)C1. The number of hydrogen-bond donors (Lipinski definition) is 0. The molecule has 2 heterocycles. The molecule has 1 aliphatic heterocycles. The third-order valence-corrected chi connectivity index (χ3v) is 2.96. The number of aromatic nitrogens is 2. The van der Waals surface area contributed by atoms with Crippen molar-refractivity contribution in [3.05, 3.63) is 10.7 Å². The summed E-state index contributed by atoms with van der Waals surface area (Å²) in [6.45, 7) is 6.83. The minimum Gasteiger partial charge on any atom is -0.372 e. The van der Waals surface area contributed by atoms with Crippen LogP contribution >= 0.6 is 15.9 Å². The molecule has 0 radical (unpaired) electrons. The van der Waals surface area contributed by atoms with Crippen molar-refractivity contribution in [2.75, 3.05) is 24.6 Å². The number of morpholine rings is 1. The van der Waals surface area contributed by atoms with Crippen LogP contribution in [0.4, 0.5) is 5.82 Å². The maximum atomic E-state index is 5.68. The Labute approximate surface area is 98.3 Å². The zero-order valence-electron chi connectivity index (χ0n) is 9.33. The van der Waals surface area contributed by atoms with Crippen LogP contribution in [0.2, 0.25) is 0 Å². The fourth-order valence-corrected chi connectivity index (χ4v) is 2.37. The van der Waals surface area contributed by atoms with Crippen molar-refractivity contribution in [1.29, 1.82) is 0 Å². The fraction of sp³-hybridized carbons (Fsp3) is 0.700. The monoisotopic (exact) mass is 273 g/mol. The van der Waals surface area contributed by atoms with Gasteiger partial charge in [0.1, 0.15) is 10.4 Å². The van der Waals surface area contributed by atoms with Gasteiger partial charge in [0, 0.05) is 26.2 Å². The maximum absolute atomic E-state index is 5.68. The molecule has 0 aromatic carbocycles. The highest BCUT2D eigenvalue weighted by Gasteiger charge is 2.28. The highest BCUT2D eigenvalue weighted by Crippen LogP contribution is 2.24. The molecule has 0 aliphatic carbocycles. The summed E-state index contributed by atoms with van der Waals surface area (Å²) in [6.07, 6.45) is 0. The Kier molecular flexibility index (Phi) is 2.77. The summed E-state index contributed by atoms with van der Waals surface area (Å²) in [6, 6.07) is 2.04. The molecule has 2 rings (SSSR count). The van der Waals surface area contributed by atoms with E-state index < -0.39 is 0 Å². The molecule has 0 unspecified atom stereocenters. The van der Waals surface area contributed by atoms with Crippen LogP contribution < -0.4 is 4.90 Å². The summed E-state index contributed by atoms with van der Waals surface area (Å²) >= 11 is 3.39. The van der Waals surface area contributed by atoms with Crippen molar-refractivity contribution in [2.24, 2.45) is 7.05 Å². The normalized spacial score (nSPS) is 20.7. The number of aryl methyl sites for hydroxylation is 1. The van der Waals surface area contributed by atoms with Crippen molar-refractivity contribution in [1.82, 2.24) is 9.78 Å². The van der Waals surface area contributed by atoms with Gasteiger partial charge < -0.3 is 9.64 Å². The highest BCUT2D eigenvalue weighted by molar-refractivity contribution is 9.10. The predicted molar refractivity (Wildman–Crippen MR) is 63.2 cm³/mol. The number of ether oxygens (including phenoxy) is 1. The molecular weight excluding hydrogens is 258 g/mol. The Morgan fingerprint density at radius 1 is 1.53 bits per heavy atom. The van der Waals surface area contributed by atoms with Crippen LogP contribution in [0.5, 0.6) is 0 Å². The van der Waals surface area contributed by atoms with Gasteiger partial charge in [-0.2, -0.15) is 5.10 Å². The minimum absolute atomic E-state index is 0.0744. The van der Waals surface area contributed by atoms with E-state index in [1.54, 1.807) is 0 Å². The fourth-order valence-electron chi connectivity index (χ4n) is 1.93. The van der Waals surface area contributed by atoms with E-state index in [-0.39, 0.29) is 5.60 Å². The van der Waals surface area contributed by atoms with Crippen LogP contribution in [0.3, 0.4) is 0 Å². The van der Waals surface area contributed by atoms with E-state index in [0.717, 1.165) is 30.1 Å². The first-order chi connectivity index (χ1) is 6.98. The van der Waals surface area contributed by atoms with E-state index in [1.807, 2.05) is 17.8 Å². The van der Waals surface area contributed by atoms with E-state index in [1.165, 1.54) is 0 Å². The lowest BCUT2D eigenvalue weighted by Crippen LogP contribution is -2.48. The van der Waals surface area contributed by atoms with Crippen molar-refractivity contribution < 1.29 is 4.74 Å². The van der Waals surface area contributed by atoms with Gasteiger partial charge in [-0.1, -0.05) is 0 Å². The Hall–Kier alpha value is -0.550. The first kappa shape index (κ1) is 11.0. The van der Waals surface area contributed by atoms with E-state index in [9.17, 15) is 0 Å². The van der Waals surface area contributed by atoms with Crippen LogP contribution in [0.25, 0.3) is 0 Å². The molecule has 0 bridgehead atoms. The summed E-state index contributed by atoms with van der Waals surface area (Å²) in [4.78, 5) is 2.31. The summed E-state index contributed by atoms with van der Waals surface area (Å²) in [5, 5.41) is 4.28. The Morgan fingerprint density at radius 2 is 2.27 bits per heavy atom. The number of nitrogens with zero attached hydrogens (tertiary/aromatic N) is 3. The van der Waals surface area contributed by atoms with Crippen LogP contribution in [0.15, 0.2) is 10.7 Å². The zero-order chi connectivity index (χ0) is 11.1. The summed E-state index contributed by atoms with van der Waals surface area (Å²) in [5.74, 6) is 1.14. The number of rotatable bonds is 1. The largest absolute Gasteiger partial charge is 0.372 e. The average molecular weight is 274 g/mol. The van der Waals surface area contributed by atoms with Gasteiger partial charge in [-0.05, 0) is 29.8 Å². The molecule has 1 fully saturated rings.